The van der Waals surface area contributed by atoms with Gasteiger partial charge >= 0.3 is 12.1 Å². The summed E-state index contributed by atoms with van der Waals surface area (Å²) < 4.78 is 10.8. The Bertz CT molecular complexity index is 803. The Morgan fingerprint density at radius 2 is 2.12 bits per heavy atom. The SMILES string of the molecule is CC(C)(C)OC(=O)N1CCc2ccc3c(CC(=O)O)noc3c2C1. The van der Waals surface area contributed by atoms with Crippen molar-refractivity contribution in [3.05, 3.63) is 29.0 Å². The number of hydrogen-bond donors (Lipinski definition) is 1. The summed E-state index contributed by atoms with van der Waals surface area (Å²) in [5.74, 6) is -0.960. The van der Waals surface area contributed by atoms with E-state index in [-0.39, 0.29) is 12.5 Å². The molecule has 1 aliphatic heterocycles. The molecule has 3 rings (SSSR count). The zero-order valence-electron chi connectivity index (χ0n) is 14.0. The van der Waals surface area contributed by atoms with E-state index >= 15 is 0 Å². The number of fused-ring (bicyclic) bond motifs is 3. The molecule has 1 amide bonds. The quantitative estimate of drug-likeness (QED) is 0.909. The smallest absolute Gasteiger partial charge is 0.410 e. The second-order valence-electron chi connectivity index (χ2n) is 6.93. The summed E-state index contributed by atoms with van der Waals surface area (Å²) in [6, 6.07) is 3.79. The highest BCUT2D eigenvalue weighted by atomic mass is 16.6. The van der Waals surface area contributed by atoms with Crippen LogP contribution in [0.25, 0.3) is 11.0 Å². The highest BCUT2D eigenvalue weighted by Crippen LogP contribution is 2.30. The summed E-state index contributed by atoms with van der Waals surface area (Å²) in [6.07, 6.45) is 0.136. The normalized spacial score (nSPS) is 14.5. The number of benzene rings is 1. The Labute approximate surface area is 139 Å². The van der Waals surface area contributed by atoms with Crippen LogP contribution in [0.2, 0.25) is 0 Å². The molecule has 1 aromatic heterocycles. The minimum atomic E-state index is -0.960. The maximum Gasteiger partial charge on any atom is 0.410 e. The molecule has 0 unspecified atom stereocenters. The molecule has 0 spiro atoms. The Balaban J connectivity index is 1.91. The molecule has 24 heavy (non-hydrogen) atoms. The molecule has 0 bridgehead atoms. The maximum absolute atomic E-state index is 12.3. The lowest BCUT2D eigenvalue weighted by Gasteiger charge is -2.31. The van der Waals surface area contributed by atoms with Gasteiger partial charge in [0, 0.05) is 17.5 Å². The maximum atomic E-state index is 12.3. The van der Waals surface area contributed by atoms with Crippen LogP contribution in [0.4, 0.5) is 4.79 Å². The third kappa shape index (κ3) is 3.20. The van der Waals surface area contributed by atoms with E-state index in [1.54, 1.807) is 4.90 Å². The van der Waals surface area contributed by atoms with Crippen molar-refractivity contribution >= 4 is 23.0 Å². The van der Waals surface area contributed by atoms with Crippen molar-refractivity contribution in [3.63, 3.8) is 0 Å². The van der Waals surface area contributed by atoms with Gasteiger partial charge < -0.3 is 19.3 Å². The minimum absolute atomic E-state index is 0.193. The van der Waals surface area contributed by atoms with Crippen LogP contribution in [-0.4, -0.2) is 39.4 Å². The van der Waals surface area contributed by atoms with Crippen LogP contribution in [0.15, 0.2) is 16.7 Å². The molecule has 0 saturated carbocycles. The molecule has 2 aromatic rings. The van der Waals surface area contributed by atoms with E-state index in [2.05, 4.69) is 5.16 Å². The Kier molecular flexibility index (Phi) is 3.95. The number of aliphatic carboxylic acids is 1. The van der Waals surface area contributed by atoms with E-state index in [0.717, 1.165) is 11.1 Å². The van der Waals surface area contributed by atoms with Crippen molar-refractivity contribution in [1.82, 2.24) is 10.1 Å². The first-order valence-corrected chi connectivity index (χ1v) is 7.83. The van der Waals surface area contributed by atoms with E-state index in [9.17, 15) is 9.59 Å². The molecule has 1 N–H and O–H groups in total. The van der Waals surface area contributed by atoms with Gasteiger partial charge in [0.2, 0.25) is 0 Å². The molecule has 1 aliphatic rings. The summed E-state index contributed by atoms with van der Waals surface area (Å²) in [4.78, 5) is 24.8. The monoisotopic (exact) mass is 332 g/mol. The van der Waals surface area contributed by atoms with E-state index in [0.29, 0.717) is 36.2 Å². The van der Waals surface area contributed by atoms with Gasteiger partial charge in [-0.1, -0.05) is 11.2 Å². The Morgan fingerprint density at radius 3 is 2.79 bits per heavy atom. The first-order valence-electron chi connectivity index (χ1n) is 7.83. The third-order valence-corrected chi connectivity index (χ3v) is 3.89. The van der Waals surface area contributed by atoms with Crippen molar-refractivity contribution in [1.29, 1.82) is 0 Å². The van der Waals surface area contributed by atoms with Crippen molar-refractivity contribution in [3.8, 4) is 0 Å². The fourth-order valence-corrected chi connectivity index (χ4v) is 2.84. The topological polar surface area (TPSA) is 92.9 Å². The van der Waals surface area contributed by atoms with Gasteiger partial charge in [0.1, 0.15) is 11.3 Å². The van der Waals surface area contributed by atoms with Gasteiger partial charge in [-0.25, -0.2) is 4.79 Å². The van der Waals surface area contributed by atoms with Crippen LogP contribution in [0.5, 0.6) is 0 Å². The first-order chi connectivity index (χ1) is 11.2. The average Bonchev–Trinajstić information content (AvgIpc) is 2.87. The lowest BCUT2D eigenvalue weighted by molar-refractivity contribution is -0.136. The highest BCUT2D eigenvalue weighted by Gasteiger charge is 2.28. The van der Waals surface area contributed by atoms with Crippen LogP contribution in [0.3, 0.4) is 0 Å². The molecule has 0 saturated heterocycles. The number of rotatable bonds is 2. The van der Waals surface area contributed by atoms with Gasteiger partial charge in [0.15, 0.2) is 5.58 Å². The number of hydrogen-bond acceptors (Lipinski definition) is 5. The summed E-state index contributed by atoms with van der Waals surface area (Å²) in [5.41, 5.74) is 2.35. The minimum Gasteiger partial charge on any atom is -0.481 e. The second-order valence-corrected chi connectivity index (χ2v) is 6.93. The number of carbonyl (C=O) groups excluding carboxylic acids is 1. The first kappa shape index (κ1) is 16.3. The molecular weight excluding hydrogens is 312 g/mol. The fourth-order valence-electron chi connectivity index (χ4n) is 2.84. The number of carbonyl (C=O) groups is 2. The molecule has 1 aromatic carbocycles. The second kappa shape index (κ2) is 5.81. The van der Waals surface area contributed by atoms with Gasteiger partial charge in [-0.3, -0.25) is 4.79 Å². The molecule has 0 aliphatic carbocycles. The number of nitrogens with zero attached hydrogens (tertiary/aromatic N) is 2. The van der Waals surface area contributed by atoms with Crippen LogP contribution < -0.4 is 0 Å². The number of amides is 1. The van der Waals surface area contributed by atoms with Gasteiger partial charge in [-0.2, -0.15) is 0 Å². The number of carboxylic acids is 1. The zero-order valence-corrected chi connectivity index (χ0v) is 14.0. The molecule has 0 atom stereocenters. The number of ether oxygens (including phenoxy) is 1. The summed E-state index contributed by atoms with van der Waals surface area (Å²) in [6.45, 7) is 6.42. The van der Waals surface area contributed by atoms with Crippen molar-refractivity contribution in [2.24, 2.45) is 0 Å². The average molecular weight is 332 g/mol. The van der Waals surface area contributed by atoms with Crippen LogP contribution in [-0.2, 0) is 28.9 Å². The highest BCUT2D eigenvalue weighted by molar-refractivity contribution is 5.87. The molecule has 2 heterocycles. The van der Waals surface area contributed by atoms with Crippen LogP contribution in [0.1, 0.15) is 37.6 Å². The van der Waals surface area contributed by atoms with Crippen molar-refractivity contribution < 1.29 is 24.0 Å². The summed E-state index contributed by atoms with van der Waals surface area (Å²) >= 11 is 0. The van der Waals surface area contributed by atoms with Crippen LogP contribution >= 0.6 is 0 Å². The fraction of sp³-hybridized carbons (Fsp3) is 0.471. The number of carboxylic acid groups (broad SMARTS) is 1. The van der Waals surface area contributed by atoms with E-state index in [1.807, 2.05) is 32.9 Å². The third-order valence-electron chi connectivity index (χ3n) is 3.89. The predicted molar refractivity (Wildman–Crippen MR) is 85.7 cm³/mol. The van der Waals surface area contributed by atoms with Crippen molar-refractivity contribution in [2.45, 2.75) is 45.8 Å². The summed E-state index contributed by atoms with van der Waals surface area (Å²) in [5, 5.41) is 13.5. The zero-order chi connectivity index (χ0) is 17.5. The molecule has 128 valence electrons. The van der Waals surface area contributed by atoms with Crippen molar-refractivity contribution in [2.75, 3.05) is 6.54 Å². The van der Waals surface area contributed by atoms with Gasteiger partial charge in [0.25, 0.3) is 0 Å². The van der Waals surface area contributed by atoms with E-state index in [4.69, 9.17) is 14.4 Å². The van der Waals surface area contributed by atoms with E-state index in [1.165, 1.54) is 0 Å². The molecule has 0 fully saturated rings. The Morgan fingerprint density at radius 1 is 1.38 bits per heavy atom. The largest absolute Gasteiger partial charge is 0.481 e. The molecular formula is C17H20N2O5. The lowest BCUT2D eigenvalue weighted by atomic mass is 9.97. The molecule has 0 radical (unpaired) electrons. The van der Waals surface area contributed by atoms with Gasteiger partial charge in [-0.05, 0) is 38.8 Å². The lowest BCUT2D eigenvalue weighted by Crippen LogP contribution is -2.39. The van der Waals surface area contributed by atoms with Crippen LogP contribution in [0, 0.1) is 0 Å². The number of aromatic nitrogens is 1. The van der Waals surface area contributed by atoms with E-state index < -0.39 is 11.6 Å². The van der Waals surface area contributed by atoms with Gasteiger partial charge in [-0.15, -0.1) is 0 Å². The molecule has 7 nitrogen and oxygen atoms in total. The standard InChI is InChI=1S/C17H20N2O5/c1-17(2,3)23-16(22)19-7-6-10-4-5-11-13(8-14(20)21)18-24-15(11)12(10)9-19/h4-5H,6-9H2,1-3H3,(H,20,21). The Hall–Kier alpha value is -2.57. The molecule has 7 heteroatoms. The predicted octanol–water partition coefficient (Wildman–Crippen LogP) is 2.75. The van der Waals surface area contributed by atoms with Gasteiger partial charge in [0.05, 0.1) is 13.0 Å². The summed E-state index contributed by atoms with van der Waals surface area (Å²) in [7, 11) is 0.